The molecule has 1 fully saturated rings. The van der Waals surface area contributed by atoms with Crippen molar-refractivity contribution in [3.05, 3.63) is 0 Å². The number of unbranched alkanes of at least 4 members (excludes halogenated alkanes) is 5. The third-order valence-electron chi connectivity index (χ3n) is 2.58. The van der Waals surface area contributed by atoms with Crippen molar-refractivity contribution in [2.24, 2.45) is 0 Å². The largest absolute Gasteiger partial charge is 0.297 e. The molecule has 86 valence electrons. The Labute approximate surface area is 102 Å². The van der Waals surface area contributed by atoms with Gasteiger partial charge in [0.05, 0.1) is 5.75 Å². The van der Waals surface area contributed by atoms with Gasteiger partial charge in [0.2, 0.25) is 5.91 Å². The lowest BCUT2D eigenvalue weighted by Crippen LogP contribution is -2.29. The number of thioether (sulfide) groups is 1. The number of hydrogen-bond donors (Lipinski definition) is 0. The monoisotopic (exact) mass is 245 g/mol. The molecule has 0 saturated carbocycles. The van der Waals surface area contributed by atoms with Crippen LogP contribution in [0.5, 0.6) is 0 Å². The Balaban J connectivity index is 2.04. The normalized spacial score (nSPS) is 16.5. The van der Waals surface area contributed by atoms with Crippen LogP contribution < -0.4 is 0 Å². The molecule has 1 heterocycles. The van der Waals surface area contributed by atoms with E-state index in [-0.39, 0.29) is 5.91 Å². The smallest absolute Gasteiger partial charge is 0.238 e. The predicted molar refractivity (Wildman–Crippen MR) is 70.1 cm³/mol. The Morgan fingerprint density at radius 2 is 1.93 bits per heavy atom. The predicted octanol–water partition coefficient (Wildman–Crippen LogP) is 3.21. The van der Waals surface area contributed by atoms with E-state index >= 15 is 0 Å². The van der Waals surface area contributed by atoms with E-state index in [0.29, 0.717) is 5.75 Å². The van der Waals surface area contributed by atoms with E-state index in [1.807, 2.05) is 0 Å². The van der Waals surface area contributed by atoms with Gasteiger partial charge in [-0.3, -0.25) is 9.69 Å². The minimum Gasteiger partial charge on any atom is -0.297 e. The van der Waals surface area contributed by atoms with Crippen LogP contribution in [0.3, 0.4) is 0 Å². The average molecular weight is 245 g/mol. The van der Waals surface area contributed by atoms with Crippen LogP contribution >= 0.6 is 24.0 Å². The van der Waals surface area contributed by atoms with E-state index in [0.717, 1.165) is 17.3 Å². The maximum absolute atomic E-state index is 11.4. The van der Waals surface area contributed by atoms with Crippen molar-refractivity contribution in [2.45, 2.75) is 45.4 Å². The third-order valence-corrected chi connectivity index (χ3v) is 4.01. The Morgan fingerprint density at radius 1 is 1.27 bits per heavy atom. The second kappa shape index (κ2) is 7.23. The number of hydrogen-bond acceptors (Lipinski definition) is 3. The summed E-state index contributed by atoms with van der Waals surface area (Å²) in [7, 11) is 0. The zero-order valence-electron chi connectivity index (χ0n) is 9.33. The van der Waals surface area contributed by atoms with E-state index in [4.69, 9.17) is 12.2 Å². The van der Waals surface area contributed by atoms with Crippen LogP contribution in [0, 0.1) is 0 Å². The lowest BCUT2D eigenvalue weighted by Gasteiger charge is -2.14. The van der Waals surface area contributed by atoms with Crippen LogP contribution in [0.25, 0.3) is 0 Å². The van der Waals surface area contributed by atoms with E-state index in [1.165, 1.54) is 43.9 Å². The van der Waals surface area contributed by atoms with Crippen molar-refractivity contribution in [3.63, 3.8) is 0 Å². The molecule has 0 atom stereocenters. The summed E-state index contributed by atoms with van der Waals surface area (Å²) >= 11 is 6.60. The molecule has 0 bridgehead atoms. The highest BCUT2D eigenvalue weighted by molar-refractivity contribution is 8.23. The van der Waals surface area contributed by atoms with Crippen LogP contribution in [0.15, 0.2) is 0 Å². The summed E-state index contributed by atoms with van der Waals surface area (Å²) in [6.07, 6.45) is 7.54. The highest BCUT2D eigenvalue weighted by Crippen LogP contribution is 2.19. The lowest BCUT2D eigenvalue weighted by molar-refractivity contribution is -0.124. The number of amides is 1. The van der Waals surface area contributed by atoms with Gasteiger partial charge >= 0.3 is 0 Å². The zero-order valence-corrected chi connectivity index (χ0v) is 11.0. The minimum atomic E-state index is 0.193. The van der Waals surface area contributed by atoms with Gasteiger partial charge in [-0.15, -0.1) is 0 Å². The van der Waals surface area contributed by atoms with Gasteiger partial charge in [-0.2, -0.15) is 0 Å². The fourth-order valence-corrected chi connectivity index (χ4v) is 2.77. The number of carbonyl (C=O) groups is 1. The molecule has 1 amide bonds. The van der Waals surface area contributed by atoms with E-state index in [9.17, 15) is 4.79 Å². The Bertz CT molecular complexity index is 215. The van der Waals surface area contributed by atoms with Crippen LogP contribution in [0.4, 0.5) is 0 Å². The molecule has 1 aliphatic rings. The summed E-state index contributed by atoms with van der Waals surface area (Å²) in [4.78, 5) is 13.1. The van der Waals surface area contributed by atoms with Crippen molar-refractivity contribution in [3.8, 4) is 0 Å². The first-order valence-corrected chi connectivity index (χ1v) is 7.12. The van der Waals surface area contributed by atoms with Crippen molar-refractivity contribution >= 4 is 34.2 Å². The molecular formula is C11H19NOS2. The first-order chi connectivity index (χ1) is 7.25. The third kappa shape index (κ3) is 4.51. The van der Waals surface area contributed by atoms with Gasteiger partial charge in [0.25, 0.3) is 0 Å². The van der Waals surface area contributed by atoms with Gasteiger partial charge in [-0.25, -0.2) is 0 Å². The van der Waals surface area contributed by atoms with Gasteiger partial charge in [-0.1, -0.05) is 63.0 Å². The lowest BCUT2D eigenvalue weighted by atomic mass is 10.1. The first kappa shape index (κ1) is 13.0. The highest BCUT2D eigenvalue weighted by atomic mass is 32.2. The van der Waals surface area contributed by atoms with Gasteiger partial charge in [-0.05, 0) is 6.42 Å². The molecular weight excluding hydrogens is 226 g/mol. The number of thiocarbonyl (C=S) groups is 1. The summed E-state index contributed by atoms with van der Waals surface area (Å²) in [6, 6.07) is 0. The molecule has 0 unspecified atom stereocenters. The molecule has 1 rings (SSSR count). The standard InChI is InChI=1S/C11H19NOS2/c1-2-3-4-5-6-7-8-12-10(13)9-15-11(12)14/h2-9H2,1H3. The summed E-state index contributed by atoms with van der Waals surface area (Å²) in [5.74, 6) is 0.743. The molecule has 0 N–H and O–H groups in total. The molecule has 1 saturated heterocycles. The molecule has 4 heteroatoms. The maximum Gasteiger partial charge on any atom is 0.238 e. The van der Waals surface area contributed by atoms with Gasteiger partial charge in [0, 0.05) is 6.54 Å². The Hall–Kier alpha value is -0.0900. The maximum atomic E-state index is 11.4. The average Bonchev–Trinajstić information content (AvgIpc) is 2.54. The Morgan fingerprint density at radius 3 is 2.53 bits per heavy atom. The van der Waals surface area contributed by atoms with Crippen LogP contribution in [-0.4, -0.2) is 27.4 Å². The SMILES string of the molecule is CCCCCCCCN1C(=O)CSC1=S. The van der Waals surface area contributed by atoms with Gasteiger partial charge in [0.15, 0.2) is 0 Å². The minimum absolute atomic E-state index is 0.193. The van der Waals surface area contributed by atoms with Crippen molar-refractivity contribution in [2.75, 3.05) is 12.3 Å². The van der Waals surface area contributed by atoms with Crippen molar-refractivity contribution < 1.29 is 4.79 Å². The topological polar surface area (TPSA) is 20.3 Å². The molecule has 1 aliphatic heterocycles. The molecule has 0 aliphatic carbocycles. The molecule has 2 nitrogen and oxygen atoms in total. The van der Waals surface area contributed by atoms with Crippen molar-refractivity contribution in [1.29, 1.82) is 0 Å². The zero-order chi connectivity index (χ0) is 11.1. The molecule has 0 aromatic heterocycles. The molecule has 0 spiro atoms. The summed E-state index contributed by atoms with van der Waals surface area (Å²) in [5.41, 5.74) is 0. The van der Waals surface area contributed by atoms with Crippen LogP contribution in [0.1, 0.15) is 45.4 Å². The quantitative estimate of drug-likeness (QED) is 0.507. The van der Waals surface area contributed by atoms with E-state index in [1.54, 1.807) is 4.90 Å². The summed E-state index contributed by atoms with van der Waals surface area (Å²) < 4.78 is 0.772. The number of rotatable bonds is 7. The molecule has 15 heavy (non-hydrogen) atoms. The van der Waals surface area contributed by atoms with Gasteiger partial charge < -0.3 is 0 Å². The fraction of sp³-hybridized carbons (Fsp3) is 0.818. The molecule has 0 aromatic rings. The van der Waals surface area contributed by atoms with Crippen molar-refractivity contribution in [1.82, 2.24) is 4.90 Å². The van der Waals surface area contributed by atoms with Gasteiger partial charge in [0.1, 0.15) is 4.32 Å². The van der Waals surface area contributed by atoms with E-state index < -0.39 is 0 Å². The number of nitrogens with zero attached hydrogens (tertiary/aromatic N) is 1. The summed E-state index contributed by atoms with van der Waals surface area (Å²) in [5, 5.41) is 0. The first-order valence-electron chi connectivity index (χ1n) is 5.73. The summed E-state index contributed by atoms with van der Waals surface area (Å²) in [6.45, 7) is 3.05. The Kier molecular flexibility index (Phi) is 6.25. The fourth-order valence-electron chi connectivity index (χ4n) is 1.65. The van der Waals surface area contributed by atoms with E-state index in [2.05, 4.69) is 6.92 Å². The highest BCUT2D eigenvalue weighted by Gasteiger charge is 2.25. The molecule has 0 radical (unpaired) electrons. The molecule has 0 aromatic carbocycles. The second-order valence-corrected chi connectivity index (χ2v) is 5.48. The van der Waals surface area contributed by atoms with Crippen LogP contribution in [0.2, 0.25) is 0 Å². The second-order valence-electron chi connectivity index (χ2n) is 3.87. The number of carbonyl (C=O) groups excluding carboxylic acids is 1. The van der Waals surface area contributed by atoms with Crippen LogP contribution in [-0.2, 0) is 4.79 Å².